The fraction of sp³-hybridized carbons (Fsp3) is 0.200. The van der Waals surface area contributed by atoms with Gasteiger partial charge < -0.3 is 10.1 Å². The van der Waals surface area contributed by atoms with Crippen LogP contribution in [0.15, 0.2) is 67.0 Å². The molecule has 3 aromatic rings. The lowest BCUT2D eigenvalue weighted by molar-refractivity contribution is -0.118. The number of nitrogens with one attached hydrogen (secondary N) is 1. The second kappa shape index (κ2) is 8.15. The van der Waals surface area contributed by atoms with Crippen molar-refractivity contribution >= 4 is 11.6 Å². The van der Waals surface area contributed by atoms with E-state index in [0.29, 0.717) is 5.69 Å². The third kappa shape index (κ3) is 4.94. The molecule has 2 aromatic carbocycles. The molecule has 0 saturated carbocycles. The number of hydrogen-bond acceptors (Lipinski definition) is 3. The molecular formula is C20H21N3O2. The average Bonchev–Trinajstić information content (AvgIpc) is 3.07. The third-order valence-electron chi connectivity index (χ3n) is 3.84. The van der Waals surface area contributed by atoms with E-state index >= 15 is 0 Å². The topological polar surface area (TPSA) is 56.1 Å². The summed E-state index contributed by atoms with van der Waals surface area (Å²) in [5.41, 5.74) is 2.94. The zero-order valence-corrected chi connectivity index (χ0v) is 14.2. The summed E-state index contributed by atoms with van der Waals surface area (Å²) in [6.45, 7) is 2.68. The molecule has 1 amide bonds. The number of aromatic nitrogens is 2. The quantitative estimate of drug-likeness (QED) is 0.719. The van der Waals surface area contributed by atoms with Crippen molar-refractivity contribution in [2.75, 3.05) is 11.9 Å². The van der Waals surface area contributed by atoms with Gasteiger partial charge in [-0.2, -0.15) is 5.10 Å². The van der Waals surface area contributed by atoms with Crippen LogP contribution in [0.4, 0.5) is 5.69 Å². The highest BCUT2D eigenvalue weighted by Gasteiger charge is 2.07. The van der Waals surface area contributed by atoms with Gasteiger partial charge in [-0.25, -0.2) is 0 Å². The lowest BCUT2D eigenvalue weighted by atomic mass is 10.1. The van der Waals surface area contributed by atoms with E-state index in [0.717, 1.165) is 24.3 Å². The predicted molar refractivity (Wildman–Crippen MR) is 97.7 cm³/mol. The van der Waals surface area contributed by atoms with Crippen LogP contribution in [-0.2, 0) is 17.8 Å². The molecule has 0 bridgehead atoms. The molecule has 25 heavy (non-hydrogen) atoms. The van der Waals surface area contributed by atoms with E-state index in [2.05, 4.69) is 22.5 Å². The molecule has 0 aliphatic carbocycles. The van der Waals surface area contributed by atoms with Gasteiger partial charge in [0.15, 0.2) is 6.61 Å². The second-order valence-electron chi connectivity index (χ2n) is 5.83. The Bertz CT molecular complexity index is 828. The van der Waals surface area contributed by atoms with Gasteiger partial charge in [-0.3, -0.25) is 9.48 Å². The molecule has 1 aromatic heterocycles. The zero-order chi connectivity index (χ0) is 17.5. The lowest BCUT2D eigenvalue weighted by Gasteiger charge is -2.08. The van der Waals surface area contributed by atoms with E-state index in [9.17, 15) is 4.79 Å². The first-order valence-corrected chi connectivity index (χ1v) is 8.25. The number of benzene rings is 2. The number of amides is 1. The molecule has 0 aliphatic rings. The minimum atomic E-state index is -0.203. The number of anilines is 1. The summed E-state index contributed by atoms with van der Waals surface area (Å²) in [5.74, 6) is 0.516. The summed E-state index contributed by atoms with van der Waals surface area (Å²) >= 11 is 0. The molecule has 0 saturated heterocycles. The summed E-state index contributed by atoms with van der Waals surface area (Å²) < 4.78 is 7.37. The van der Waals surface area contributed by atoms with Crippen molar-refractivity contribution in [3.05, 3.63) is 78.1 Å². The third-order valence-corrected chi connectivity index (χ3v) is 3.84. The Kier molecular flexibility index (Phi) is 5.46. The van der Waals surface area contributed by atoms with E-state index in [4.69, 9.17) is 4.74 Å². The van der Waals surface area contributed by atoms with Crippen LogP contribution in [0.2, 0.25) is 0 Å². The molecule has 0 aliphatic heterocycles. The van der Waals surface area contributed by atoms with E-state index in [1.54, 1.807) is 6.20 Å². The normalized spacial score (nSPS) is 10.4. The Hall–Kier alpha value is -3.08. The first-order valence-electron chi connectivity index (χ1n) is 8.25. The fourth-order valence-electron chi connectivity index (χ4n) is 2.50. The van der Waals surface area contributed by atoms with Crippen molar-refractivity contribution in [1.82, 2.24) is 9.78 Å². The summed E-state index contributed by atoms with van der Waals surface area (Å²) in [7, 11) is 0. The van der Waals surface area contributed by atoms with Crippen LogP contribution >= 0.6 is 0 Å². The van der Waals surface area contributed by atoms with Crippen LogP contribution in [0.5, 0.6) is 5.75 Å². The van der Waals surface area contributed by atoms with Crippen molar-refractivity contribution in [2.45, 2.75) is 19.9 Å². The summed E-state index contributed by atoms with van der Waals surface area (Å²) in [6.07, 6.45) is 4.37. The van der Waals surface area contributed by atoms with Crippen LogP contribution in [-0.4, -0.2) is 22.3 Å². The molecule has 0 fully saturated rings. The number of ether oxygens (including phenoxy) is 1. The van der Waals surface area contributed by atoms with E-state index < -0.39 is 0 Å². The number of carbonyl (C=O) groups is 1. The fourth-order valence-corrected chi connectivity index (χ4v) is 2.50. The molecule has 3 rings (SSSR count). The Balaban J connectivity index is 1.47. The van der Waals surface area contributed by atoms with E-state index in [1.807, 2.05) is 60.3 Å². The van der Waals surface area contributed by atoms with E-state index in [-0.39, 0.29) is 12.5 Å². The monoisotopic (exact) mass is 335 g/mol. The minimum Gasteiger partial charge on any atom is -0.483 e. The molecule has 1 heterocycles. The highest BCUT2D eigenvalue weighted by atomic mass is 16.5. The Morgan fingerprint density at radius 3 is 2.68 bits per heavy atom. The molecule has 0 atom stereocenters. The van der Waals surface area contributed by atoms with Crippen LogP contribution in [0, 0.1) is 6.92 Å². The maximum atomic E-state index is 12.0. The number of aryl methyl sites for hydroxylation is 3. The van der Waals surface area contributed by atoms with Crippen LogP contribution in [0.1, 0.15) is 11.1 Å². The number of carbonyl (C=O) groups excluding carboxylic acids is 1. The van der Waals surface area contributed by atoms with Gasteiger partial charge in [0.05, 0.1) is 11.9 Å². The number of nitrogens with zero attached hydrogens (tertiary/aromatic N) is 2. The average molecular weight is 335 g/mol. The molecule has 1 N–H and O–H groups in total. The van der Waals surface area contributed by atoms with Gasteiger partial charge in [-0.05, 0) is 30.5 Å². The van der Waals surface area contributed by atoms with Gasteiger partial charge in [-0.15, -0.1) is 0 Å². The first-order chi connectivity index (χ1) is 12.2. The Morgan fingerprint density at radius 2 is 1.88 bits per heavy atom. The molecular weight excluding hydrogens is 314 g/mol. The Labute approximate surface area is 147 Å². The van der Waals surface area contributed by atoms with Crippen molar-refractivity contribution in [3.8, 4) is 5.75 Å². The van der Waals surface area contributed by atoms with Crippen LogP contribution < -0.4 is 10.1 Å². The van der Waals surface area contributed by atoms with Gasteiger partial charge in [-0.1, -0.05) is 48.5 Å². The smallest absolute Gasteiger partial charge is 0.262 e. The minimum absolute atomic E-state index is 0.0277. The standard InChI is InChI=1S/C20H21N3O2/c1-16-7-5-6-10-19(16)25-15-20(24)22-18-13-21-23(14-18)12-11-17-8-3-2-4-9-17/h2-10,13-14H,11-12,15H2,1H3,(H,22,24). The highest BCUT2D eigenvalue weighted by molar-refractivity contribution is 5.91. The molecule has 0 radical (unpaired) electrons. The largest absolute Gasteiger partial charge is 0.483 e. The van der Waals surface area contributed by atoms with Crippen LogP contribution in [0.25, 0.3) is 0 Å². The molecule has 0 spiro atoms. The van der Waals surface area contributed by atoms with Crippen molar-refractivity contribution in [1.29, 1.82) is 0 Å². The summed E-state index contributed by atoms with van der Waals surface area (Å²) in [4.78, 5) is 12.0. The molecule has 5 nitrogen and oxygen atoms in total. The number of rotatable bonds is 7. The first kappa shape index (κ1) is 16.8. The van der Waals surface area contributed by atoms with Gasteiger partial charge in [0, 0.05) is 12.7 Å². The molecule has 128 valence electrons. The molecule has 0 unspecified atom stereocenters. The number of hydrogen-bond donors (Lipinski definition) is 1. The maximum Gasteiger partial charge on any atom is 0.262 e. The predicted octanol–water partition coefficient (Wildman–Crippen LogP) is 3.45. The lowest BCUT2D eigenvalue weighted by Crippen LogP contribution is -2.20. The Morgan fingerprint density at radius 1 is 1.12 bits per heavy atom. The second-order valence-corrected chi connectivity index (χ2v) is 5.83. The van der Waals surface area contributed by atoms with Crippen LogP contribution in [0.3, 0.4) is 0 Å². The van der Waals surface area contributed by atoms with E-state index in [1.165, 1.54) is 5.56 Å². The van der Waals surface area contributed by atoms with Gasteiger partial charge >= 0.3 is 0 Å². The summed E-state index contributed by atoms with van der Waals surface area (Å²) in [6, 6.07) is 17.9. The van der Waals surface area contributed by atoms with Gasteiger partial charge in [0.2, 0.25) is 0 Å². The van der Waals surface area contributed by atoms with Gasteiger partial charge in [0.25, 0.3) is 5.91 Å². The SMILES string of the molecule is Cc1ccccc1OCC(=O)Nc1cnn(CCc2ccccc2)c1. The summed E-state index contributed by atoms with van der Waals surface area (Å²) in [5, 5.41) is 7.08. The molecule has 5 heteroatoms. The highest BCUT2D eigenvalue weighted by Crippen LogP contribution is 2.16. The van der Waals surface area contributed by atoms with Crippen molar-refractivity contribution in [2.24, 2.45) is 0 Å². The van der Waals surface area contributed by atoms with Crippen molar-refractivity contribution < 1.29 is 9.53 Å². The zero-order valence-electron chi connectivity index (χ0n) is 14.2. The van der Waals surface area contributed by atoms with Gasteiger partial charge in [0.1, 0.15) is 5.75 Å². The maximum absolute atomic E-state index is 12.0. The number of para-hydroxylation sites is 1. The van der Waals surface area contributed by atoms with Crippen molar-refractivity contribution in [3.63, 3.8) is 0 Å².